The highest BCUT2D eigenvalue weighted by Crippen LogP contribution is 2.23. The van der Waals surface area contributed by atoms with Gasteiger partial charge in [-0.1, -0.05) is 6.07 Å². The quantitative estimate of drug-likeness (QED) is 0.891. The molecule has 0 spiro atoms. The third-order valence-electron chi connectivity index (χ3n) is 2.07. The summed E-state index contributed by atoms with van der Waals surface area (Å²) in [7, 11) is 0. The Labute approximate surface area is 115 Å². The number of hydrogen-bond acceptors (Lipinski definition) is 3. The van der Waals surface area contributed by atoms with E-state index in [0.29, 0.717) is 0 Å². The SMILES string of the molecule is Brc1ccc(CNCc2nccs2)cc1Br. The Kier molecular flexibility index (Phi) is 4.52. The van der Waals surface area contributed by atoms with Crippen LogP contribution >= 0.6 is 43.2 Å². The maximum atomic E-state index is 4.22. The highest BCUT2D eigenvalue weighted by molar-refractivity contribution is 9.13. The molecule has 0 saturated carbocycles. The maximum Gasteiger partial charge on any atom is 0.106 e. The van der Waals surface area contributed by atoms with E-state index in [1.165, 1.54) is 5.56 Å². The average Bonchev–Trinajstić information content (AvgIpc) is 2.76. The summed E-state index contributed by atoms with van der Waals surface area (Å²) >= 11 is 8.62. The van der Waals surface area contributed by atoms with Crippen LogP contribution < -0.4 is 5.32 Å². The van der Waals surface area contributed by atoms with Gasteiger partial charge in [0.05, 0.1) is 0 Å². The third kappa shape index (κ3) is 3.38. The monoisotopic (exact) mass is 360 g/mol. The molecule has 1 N–H and O–H groups in total. The lowest BCUT2D eigenvalue weighted by atomic mass is 10.2. The zero-order valence-electron chi connectivity index (χ0n) is 8.41. The Morgan fingerprint density at radius 2 is 2.06 bits per heavy atom. The van der Waals surface area contributed by atoms with Crippen molar-refractivity contribution in [2.24, 2.45) is 0 Å². The minimum atomic E-state index is 0.825. The predicted molar refractivity (Wildman–Crippen MR) is 74.5 cm³/mol. The second kappa shape index (κ2) is 5.91. The van der Waals surface area contributed by atoms with Crippen molar-refractivity contribution in [3.63, 3.8) is 0 Å². The molecule has 1 heterocycles. The van der Waals surface area contributed by atoms with Crippen LogP contribution in [-0.4, -0.2) is 4.98 Å². The predicted octanol–water partition coefficient (Wildman–Crippen LogP) is 3.96. The number of nitrogens with zero attached hydrogens (tertiary/aromatic N) is 1. The number of hydrogen-bond donors (Lipinski definition) is 1. The molecule has 0 radical (unpaired) electrons. The maximum absolute atomic E-state index is 4.22. The first-order valence-electron chi connectivity index (χ1n) is 4.79. The van der Waals surface area contributed by atoms with Crippen molar-refractivity contribution in [2.75, 3.05) is 0 Å². The molecule has 0 aliphatic carbocycles. The van der Waals surface area contributed by atoms with Gasteiger partial charge in [-0.3, -0.25) is 0 Å². The molecule has 5 heteroatoms. The second-order valence-electron chi connectivity index (χ2n) is 3.28. The van der Waals surface area contributed by atoms with Gasteiger partial charge in [-0.25, -0.2) is 4.98 Å². The van der Waals surface area contributed by atoms with E-state index in [4.69, 9.17) is 0 Å². The fourth-order valence-corrected chi connectivity index (χ4v) is 2.56. The largest absolute Gasteiger partial charge is 0.306 e. The molecule has 2 rings (SSSR count). The molecule has 0 aliphatic rings. The number of nitrogens with one attached hydrogen (secondary N) is 1. The van der Waals surface area contributed by atoms with Crippen LogP contribution in [0.3, 0.4) is 0 Å². The van der Waals surface area contributed by atoms with Crippen LogP contribution in [0.5, 0.6) is 0 Å². The minimum absolute atomic E-state index is 0.825. The van der Waals surface area contributed by atoms with Crippen LogP contribution in [0, 0.1) is 0 Å². The van der Waals surface area contributed by atoms with Gasteiger partial charge in [0.1, 0.15) is 5.01 Å². The summed E-state index contributed by atoms with van der Waals surface area (Å²) in [6, 6.07) is 6.26. The molecular formula is C11H10Br2N2S. The van der Waals surface area contributed by atoms with Crippen molar-refractivity contribution in [1.29, 1.82) is 0 Å². The first-order valence-corrected chi connectivity index (χ1v) is 7.25. The van der Waals surface area contributed by atoms with Crippen LogP contribution in [0.2, 0.25) is 0 Å². The zero-order chi connectivity index (χ0) is 11.4. The van der Waals surface area contributed by atoms with Gasteiger partial charge in [0.25, 0.3) is 0 Å². The second-order valence-corrected chi connectivity index (χ2v) is 5.97. The van der Waals surface area contributed by atoms with Crippen molar-refractivity contribution in [1.82, 2.24) is 10.3 Å². The topological polar surface area (TPSA) is 24.9 Å². The summed E-state index contributed by atoms with van der Waals surface area (Å²) in [5, 5.41) is 6.48. The molecule has 0 aliphatic heterocycles. The van der Waals surface area contributed by atoms with Crippen molar-refractivity contribution in [3.8, 4) is 0 Å². The number of aromatic nitrogens is 1. The molecule has 0 saturated heterocycles. The highest BCUT2D eigenvalue weighted by Gasteiger charge is 1.99. The summed E-state index contributed by atoms with van der Waals surface area (Å²) in [5.74, 6) is 0. The van der Waals surface area contributed by atoms with E-state index in [1.54, 1.807) is 11.3 Å². The molecule has 0 atom stereocenters. The van der Waals surface area contributed by atoms with Gasteiger partial charge in [0.2, 0.25) is 0 Å². The summed E-state index contributed by atoms with van der Waals surface area (Å²) in [5.41, 5.74) is 1.26. The molecule has 0 bridgehead atoms. The van der Waals surface area contributed by atoms with Crippen molar-refractivity contribution in [3.05, 3.63) is 49.3 Å². The van der Waals surface area contributed by atoms with E-state index >= 15 is 0 Å². The van der Waals surface area contributed by atoms with Gasteiger partial charge in [0.15, 0.2) is 0 Å². The van der Waals surface area contributed by atoms with Crippen LogP contribution in [0.4, 0.5) is 0 Å². The Balaban J connectivity index is 1.87. The molecule has 0 fully saturated rings. The molecule has 1 aromatic heterocycles. The molecule has 16 heavy (non-hydrogen) atoms. The summed E-state index contributed by atoms with van der Waals surface area (Å²) in [6.45, 7) is 1.68. The summed E-state index contributed by atoms with van der Waals surface area (Å²) < 4.78 is 2.16. The van der Waals surface area contributed by atoms with E-state index in [9.17, 15) is 0 Å². The Bertz CT molecular complexity index is 457. The molecule has 2 aromatic rings. The molecule has 0 amide bonds. The van der Waals surface area contributed by atoms with E-state index in [-0.39, 0.29) is 0 Å². The smallest absolute Gasteiger partial charge is 0.106 e. The zero-order valence-corrected chi connectivity index (χ0v) is 12.4. The molecule has 2 nitrogen and oxygen atoms in total. The van der Waals surface area contributed by atoms with E-state index in [2.05, 4.69) is 54.3 Å². The van der Waals surface area contributed by atoms with Crippen molar-refractivity contribution in [2.45, 2.75) is 13.1 Å². The molecular weight excluding hydrogens is 352 g/mol. The highest BCUT2D eigenvalue weighted by atomic mass is 79.9. The fourth-order valence-electron chi connectivity index (χ4n) is 1.30. The lowest BCUT2D eigenvalue weighted by Gasteiger charge is -2.04. The van der Waals surface area contributed by atoms with Crippen molar-refractivity contribution < 1.29 is 0 Å². The lowest BCUT2D eigenvalue weighted by Crippen LogP contribution is -2.12. The van der Waals surface area contributed by atoms with Crippen LogP contribution in [-0.2, 0) is 13.1 Å². The van der Waals surface area contributed by atoms with Crippen LogP contribution in [0.25, 0.3) is 0 Å². The lowest BCUT2D eigenvalue weighted by molar-refractivity contribution is 0.689. The first-order chi connectivity index (χ1) is 7.75. The van der Waals surface area contributed by atoms with Gasteiger partial charge in [0, 0.05) is 33.6 Å². The number of rotatable bonds is 4. The van der Waals surface area contributed by atoms with E-state index in [1.807, 2.05) is 17.6 Å². The van der Waals surface area contributed by atoms with E-state index in [0.717, 1.165) is 27.0 Å². The first kappa shape index (κ1) is 12.2. The molecule has 0 unspecified atom stereocenters. The van der Waals surface area contributed by atoms with Gasteiger partial charge in [-0.15, -0.1) is 11.3 Å². The normalized spacial score (nSPS) is 10.6. The van der Waals surface area contributed by atoms with Gasteiger partial charge < -0.3 is 5.32 Å². The number of thiazole rings is 1. The fraction of sp³-hybridized carbons (Fsp3) is 0.182. The summed E-state index contributed by atoms with van der Waals surface area (Å²) in [6.07, 6.45) is 1.83. The standard InChI is InChI=1S/C11H10Br2N2S/c12-9-2-1-8(5-10(9)13)6-14-7-11-15-3-4-16-11/h1-5,14H,6-7H2. The Morgan fingerprint density at radius 3 is 2.75 bits per heavy atom. The minimum Gasteiger partial charge on any atom is -0.306 e. The number of benzene rings is 1. The molecule has 1 aromatic carbocycles. The average molecular weight is 362 g/mol. The Hall–Kier alpha value is -0.230. The summed E-state index contributed by atoms with van der Waals surface area (Å²) in [4.78, 5) is 4.22. The van der Waals surface area contributed by atoms with Crippen LogP contribution in [0.15, 0.2) is 38.7 Å². The van der Waals surface area contributed by atoms with Gasteiger partial charge in [-0.05, 0) is 49.6 Å². The van der Waals surface area contributed by atoms with Crippen LogP contribution in [0.1, 0.15) is 10.6 Å². The van der Waals surface area contributed by atoms with Gasteiger partial charge >= 0.3 is 0 Å². The Morgan fingerprint density at radius 1 is 1.19 bits per heavy atom. The third-order valence-corrected chi connectivity index (χ3v) is 4.73. The van der Waals surface area contributed by atoms with Crippen molar-refractivity contribution >= 4 is 43.2 Å². The van der Waals surface area contributed by atoms with E-state index < -0.39 is 0 Å². The number of halogens is 2. The molecule has 84 valence electrons. The van der Waals surface area contributed by atoms with Gasteiger partial charge in [-0.2, -0.15) is 0 Å².